The molecule has 2 N–H and O–H groups in total. The minimum atomic E-state index is 0.267. The number of hydrogen-bond donors (Lipinski definition) is 1. The zero-order valence-corrected chi connectivity index (χ0v) is 12.4. The molecule has 5 nitrogen and oxygen atoms in total. The number of ether oxygens (including phenoxy) is 2. The molecule has 0 spiro atoms. The van der Waals surface area contributed by atoms with Crippen molar-refractivity contribution < 1.29 is 9.47 Å². The van der Waals surface area contributed by atoms with Crippen LogP contribution in [0.1, 0.15) is 5.56 Å². The molecule has 1 aliphatic heterocycles. The van der Waals surface area contributed by atoms with Gasteiger partial charge >= 0.3 is 0 Å². The minimum absolute atomic E-state index is 0.267. The molecular formula is C17H17N3O2. The van der Waals surface area contributed by atoms with Crippen LogP contribution in [0.4, 0.5) is 0 Å². The summed E-state index contributed by atoms with van der Waals surface area (Å²) in [6.45, 7) is 3.62. The van der Waals surface area contributed by atoms with E-state index in [9.17, 15) is 0 Å². The van der Waals surface area contributed by atoms with E-state index < -0.39 is 0 Å². The fourth-order valence-electron chi connectivity index (χ4n) is 2.90. The molecule has 3 aromatic rings. The Bertz CT molecular complexity index is 854. The van der Waals surface area contributed by atoms with Gasteiger partial charge in [-0.25, -0.2) is 4.98 Å². The van der Waals surface area contributed by atoms with Crippen molar-refractivity contribution in [2.75, 3.05) is 13.3 Å². The zero-order valence-electron chi connectivity index (χ0n) is 12.4. The van der Waals surface area contributed by atoms with Gasteiger partial charge in [0.25, 0.3) is 0 Å². The molecule has 0 unspecified atom stereocenters. The van der Waals surface area contributed by atoms with Crippen molar-refractivity contribution in [3.63, 3.8) is 0 Å². The SMILES string of the molecule is Cc1ccccc1-c1nc2cc3c(cc2n1CCN)OCO3. The second-order valence-corrected chi connectivity index (χ2v) is 5.38. The summed E-state index contributed by atoms with van der Waals surface area (Å²) in [5.74, 6) is 2.45. The lowest BCUT2D eigenvalue weighted by atomic mass is 10.1. The van der Waals surface area contributed by atoms with E-state index in [0.29, 0.717) is 13.1 Å². The van der Waals surface area contributed by atoms with E-state index in [-0.39, 0.29) is 6.79 Å². The summed E-state index contributed by atoms with van der Waals surface area (Å²) in [6, 6.07) is 12.2. The molecule has 2 heterocycles. The van der Waals surface area contributed by atoms with E-state index in [0.717, 1.165) is 33.9 Å². The van der Waals surface area contributed by atoms with Crippen LogP contribution in [0.2, 0.25) is 0 Å². The zero-order chi connectivity index (χ0) is 15.1. The first-order valence-corrected chi connectivity index (χ1v) is 7.34. The highest BCUT2D eigenvalue weighted by Crippen LogP contribution is 2.37. The fourth-order valence-corrected chi connectivity index (χ4v) is 2.90. The third-order valence-electron chi connectivity index (χ3n) is 3.98. The maximum Gasteiger partial charge on any atom is 0.231 e. The number of aryl methyl sites for hydroxylation is 1. The molecule has 112 valence electrons. The number of benzene rings is 2. The highest BCUT2D eigenvalue weighted by Gasteiger charge is 2.20. The molecule has 0 radical (unpaired) electrons. The Morgan fingerprint density at radius 2 is 1.95 bits per heavy atom. The first-order chi connectivity index (χ1) is 10.8. The van der Waals surface area contributed by atoms with Crippen molar-refractivity contribution in [2.45, 2.75) is 13.5 Å². The molecule has 4 rings (SSSR count). The molecule has 0 aliphatic carbocycles. The summed E-state index contributed by atoms with van der Waals surface area (Å²) < 4.78 is 13.1. The molecule has 0 atom stereocenters. The Kier molecular flexibility index (Phi) is 3.01. The standard InChI is InChI=1S/C17H17N3O2/c1-11-4-2-3-5-12(11)17-19-13-8-15-16(22-10-21-15)9-14(13)20(17)7-6-18/h2-5,8-9H,6-7,10,18H2,1H3. The molecule has 0 amide bonds. The number of aromatic nitrogens is 2. The van der Waals surface area contributed by atoms with Crippen LogP contribution in [-0.4, -0.2) is 22.9 Å². The van der Waals surface area contributed by atoms with Crippen molar-refractivity contribution in [2.24, 2.45) is 5.73 Å². The molecule has 0 fully saturated rings. The largest absolute Gasteiger partial charge is 0.454 e. The van der Waals surface area contributed by atoms with Crippen LogP contribution in [0.3, 0.4) is 0 Å². The highest BCUT2D eigenvalue weighted by atomic mass is 16.7. The Morgan fingerprint density at radius 1 is 1.18 bits per heavy atom. The molecule has 0 saturated carbocycles. The van der Waals surface area contributed by atoms with Crippen LogP contribution in [0.5, 0.6) is 11.5 Å². The Hall–Kier alpha value is -2.53. The van der Waals surface area contributed by atoms with Crippen molar-refractivity contribution in [1.82, 2.24) is 9.55 Å². The topological polar surface area (TPSA) is 62.3 Å². The smallest absolute Gasteiger partial charge is 0.231 e. The molecule has 1 aromatic heterocycles. The third kappa shape index (κ3) is 1.94. The lowest BCUT2D eigenvalue weighted by molar-refractivity contribution is 0.174. The molecule has 5 heteroatoms. The van der Waals surface area contributed by atoms with Crippen molar-refractivity contribution in [3.8, 4) is 22.9 Å². The predicted molar refractivity (Wildman–Crippen MR) is 85.1 cm³/mol. The molecule has 0 saturated heterocycles. The maximum atomic E-state index is 5.80. The van der Waals surface area contributed by atoms with Gasteiger partial charge in [0.2, 0.25) is 6.79 Å². The Labute approximate surface area is 128 Å². The first-order valence-electron chi connectivity index (χ1n) is 7.34. The summed E-state index contributed by atoms with van der Waals surface area (Å²) in [5, 5.41) is 0. The number of hydrogen-bond acceptors (Lipinski definition) is 4. The van der Waals surface area contributed by atoms with E-state index in [1.165, 1.54) is 5.56 Å². The minimum Gasteiger partial charge on any atom is -0.454 e. The molecular weight excluding hydrogens is 278 g/mol. The van der Waals surface area contributed by atoms with Crippen LogP contribution in [0.25, 0.3) is 22.4 Å². The van der Waals surface area contributed by atoms with E-state index in [2.05, 4.69) is 23.6 Å². The van der Waals surface area contributed by atoms with Gasteiger partial charge in [0.15, 0.2) is 11.5 Å². The average Bonchev–Trinajstić information content (AvgIpc) is 3.10. The first kappa shape index (κ1) is 13.2. The van der Waals surface area contributed by atoms with Crippen LogP contribution in [-0.2, 0) is 6.54 Å². The quantitative estimate of drug-likeness (QED) is 0.807. The highest BCUT2D eigenvalue weighted by molar-refractivity contribution is 5.84. The van der Waals surface area contributed by atoms with Gasteiger partial charge in [-0.2, -0.15) is 0 Å². The summed E-state index contributed by atoms with van der Waals surface area (Å²) in [7, 11) is 0. The lowest BCUT2D eigenvalue weighted by Gasteiger charge is -2.10. The van der Waals surface area contributed by atoms with Crippen molar-refractivity contribution in [3.05, 3.63) is 42.0 Å². The average molecular weight is 295 g/mol. The monoisotopic (exact) mass is 295 g/mol. The van der Waals surface area contributed by atoms with Gasteiger partial charge in [0.05, 0.1) is 11.0 Å². The second-order valence-electron chi connectivity index (χ2n) is 5.38. The molecule has 0 bridgehead atoms. The number of fused-ring (bicyclic) bond motifs is 2. The fraction of sp³-hybridized carbons (Fsp3) is 0.235. The van der Waals surface area contributed by atoms with Gasteiger partial charge in [-0.15, -0.1) is 0 Å². The van der Waals surface area contributed by atoms with Gasteiger partial charge in [0.1, 0.15) is 5.82 Å². The Balaban J connectivity index is 1.98. The molecule has 1 aliphatic rings. The number of nitrogens with two attached hydrogens (primary N) is 1. The van der Waals surface area contributed by atoms with E-state index in [4.69, 9.17) is 20.2 Å². The van der Waals surface area contributed by atoms with Crippen LogP contribution in [0, 0.1) is 6.92 Å². The summed E-state index contributed by atoms with van der Waals surface area (Å²) in [6.07, 6.45) is 0. The van der Waals surface area contributed by atoms with Gasteiger partial charge in [-0.3, -0.25) is 0 Å². The number of rotatable bonds is 3. The summed E-state index contributed by atoms with van der Waals surface area (Å²) >= 11 is 0. The van der Waals surface area contributed by atoms with E-state index in [1.54, 1.807) is 0 Å². The van der Waals surface area contributed by atoms with Crippen LogP contribution in [0.15, 0.2) is 36.4 Å². The van der Waals surface area contributed by atoms with Crippen LogP contribution < -0.4 is 15.2 Å². The number of imidazole rings is 1. The molecule has 2 aromatic carbocycles. The van der Waals surface area contributed by atoms with E-state index in [1.807, 2.05) is 24.3 Å². The summed E-state index contributed by atoms with van der Waals surface area (Å²) in [4.78, 5) is 4.81. The van der Waals surface area contributed by atoms with Crippen LogP contribution >= 0.6 is 0 Å². The second kappa shape index (κ2) is 5.03. The van der Waals surface area contributed by atoms with Crippen molar-refractivity contribution >= 4 is 11.0 Å². The van der Waals surface area contributed by atoms with Gasteiger partial charge < -0.3 is 19.8 Å². The van der Waals surface area contributed by atoms with Gasteiger partial charge in [-0.05, 0) is 12.5 Å². The predicted octanol–water partition coefficient (Wildman–Crippen LogP) is 2.70. The van der Waals surface area contributed by atoms with Gasteiger partial charge in [0, 0.05) is 30.8 Å². The van der Waals surface area contributed by atoms with Gasteiger partial charge in [-0.1, -0.05) is 24.3 Å². The number of nitrogens with zero attached hydrogens (tertiary/aromatic N) is 2. The Morgan fingerprint density at radius 3 is 2.73 bits per heavy atom. The molecule has 22 heavy (non-hydrogen) atoms. The van der Waals surface area contributed by atoms with E-state index >= 15 is 0 Å². The normalized spacial score (nSPS) is 13.0. The maximum absolute atomic E-state index is 5.80. The summed E-state index contributed by atoms with van der Waals surface area (Å²) in [5.41, 5.74) is 10.0. The third-order valence-corrected chi connectivity index (χ3v) is 3.98. The lowest BCUT2D eigenvalue weighted by Crippen LogP contribution is -2.11. The van der Waals surface area contributed by atoms with Crippen molar-refractivity contribution in [1.29, 1.82) is 0 Å².